The molecule has 7 heteroatoms. The lowest BCUT2D eigenvalue weighted by atomic mass is 10.1. The lowest BCUT2D eigenvalue weighted by Gasteiger charge is -2.07. The molecule has 0 bridgehead atoms. The average molecular weight is 339 g/mol. The van der Waals surface area contributed by atoms with E-state index in [2.05, 4.69) is 10.6 Å². The molecule has 2 N–H and O–H groups in total. The third-order valence-corrected chi connectivity index (χ3v) is 3.31. The first-order chi connectivity index (χ1) is 11.0. The third-order valence-electron chi connectivity index (χ3n) is 3.02. The molecule has 4 nitrogen and oxygen atoms in total. The molecular weight excluding hydrogens is 326 g/mol. The standard InChI is InChI=1S/C16H13ClF2N2O2/c17-12-9-11(5-6-14(12)19)21-16(23)15(22)20-8-7-10-3-1-2-4-13(10)18/h1-6,9H,7-8H2,(H,20,22)(H,21,23). The van der Waals surface area contributed by atoms with Crippen LogP contribution in [0.1, 0.15) is 5.56 Å². The highest BCUT2D eigenvalue weighted by molar-refractivity contribution is 6.39. The SMILES string of the molecule is O=C(NCCc1ccccc1F)C(=O)Nc1ccc(F)c(Cl)c1. The van der Waals surface area contributed by atoms with Gasteiger partial charge in [0.25, 0.3) is 0 Å². The van der Waals surface area contributed by atoms with Gasteiger partial charge in [-0.2, -0.15) is 0 Å². The Balaban J connectivity index is 1.84. The van der Waals surface area contributed by atoms with E-state index in [1.54, 1.807) is 18.2 Å². The predicted octanol–water partition coefficient (Wildman–Crippen LogP) is 2.92. The van der Waals surface area contributed by atoms with E-state index in [0.717, 1.165) is 6.07 Å². The smallest absolute Gasteiger partial charge is 0.313 e. The summed E-state index contributed by atoms with van der Waals surface area (Å²) >= 11 is 5.58. The number of nitrogens with one attached hydrogen (secondary N) is 2. The molecule has 0 fully saturated rings. The van der Waals surface area contributed by atoms with Crippen molar-refractivity contribution in [1.29, 1.82) is 0 Å². The van der Waals surface area contributed by atoms with E-state index in [4.69, 9.17) is 11.6 Å². The van der Waals surface area contributed by atoms with E-state index in [1.807, 2.05) is 0 Å². The maximum atomic E-state index is 13.4. The van der Waals surface area contributed by atoms with E-state index < -0.39 is 17.6 Å². The maximum absolute atomic E-state index is 13.4. The van der Waals surface area contributed by atoms with Crippen LogP contribution in [-0.4, -0.2) is 18.4 Å². The highest BCUT2D eigenvalue weighted by Crippen LogP contribution is 2.19. The van der Waals surface area contributed by atoms with Gasteiger partial charge in [0, 0.05) is 12.2 Å². The van der Waals surface area contributed by atoms with Crippen LogP contribution in [0.2, 0.25) is 5.02 Å². The molecule has 2 aromatic rings. The Morgan fingerprint density at radius 2 is 1.74 bits per heavy atom. The quantitative estimate of drug-likeness (QED) is 0.842. The number of hydrogen-bond acceptors (Lipinski definition) is 2. The fraction of sp³-hybridized carbons (Fsp3) is 0.125. The molecule has 0 aliphatic rings. The van der Waals surface area contributed by atoms with Gasteiger partial charge in [-0.1, -0.05) is 29.8 Å². The van der Waals surface area contributed by atoms with Crippen molar-refractivity contribution in [3.05, 3.63) is 64.7 Å². The van der Waals surface area contributed by atoms with Crippen LogP contribution in [0.25, 0.3) is 0 Å². The molecule has 2 amide bonds. The van der Waals surface area contributed by atoms with Crippen molar-refractivity contribution in [3.63, 3.8) is 0 Å². The molecule has 0 saturated heterocycles. The molecule has 0 aromatic heterocycles. The Kier molecular flexibility index (Phi) is 5.65. The van der Waals surface area contributed by atoms with Crippen LogP contribution in [0, 0.1) is 11.6 Å². The summed E-state index contributed by atoms with van der Waals surface area (Å²) in [6.07, 6.45) is 0.258. The van der Waals surface area contributed by atoms with Gasteiger partial charge in [-0.3, -0.25) is 9.59 Å². The molecule has 2 aromatic carbocycles. The van der Waals surface area contributed by atoms with E-state index >= 15 is 0 Å². The zero-order valence-corrected chi connectivity index (χ0v) is 12.7. The highest BCUT2D eigenvalue weighted by Gasteiger charge is 2.14. The number of carbonyl (C=O) groups is 2. The van der Waals surface area contributed by atoms with Crippen LogP contribution >= 0.6 is 11.6 Å². The van der Waals surface area contributed by atoms with Gasteiger partial charge < -0.3 is 10.6 Å². The van der Waals surface area contributed by atoms with E-state index in [-0.39, 0.29) is 29.5 Å². The number of carbonyl (C=O) groups excluding carboxylic acids is 2. The summed E-state index contributed by atoms with van der Waals surface area (Å²) in [4.78, 5) is 23.3. The summed E-state index contributed by atoms with van der Waals surface area (Å²) < 4.78 is 26.4. The van der Waals surface area contributed by atoms with Crippen LogP contribution in [0.15, 0.2) is 42.5 Å². The minimum Gasteiger partial charge on any atom is -0.347 e. The maximum Gasteiger partial charge on any atom is 0.313 e. The molecular formula is C16H13ClF2N2O2. The first-order valence-corrected chi connectivity index (χ1v) is 7.13. The number of amides is 2. The first kappa shape index (κ1) is 16.9. The van der Waals surface area contributed by atoms with Crippen LogP contribution < -0.4 is 10.6 Å². The fourth-order valence-electron chi connectivity index (χ4n) is 1.85. The molecule has 0 atom stereocenters. The predicted molar refractivity (Wildman–Crippen MR) is 83.2 cm³/mol. The van der Waals surface area contributed by atoms with E-state index in [0.29, 0.717) is 5.56 Å². The number of anilines is 1. The normalized spacial score (nSPS) is 10.2. The number of halogens is 3. The minimum absolute atomic E-state index is 0.108. The molecule has 0 aliphatic heterocycles. The molecule has 0 aliphatic carbocycles. The van der Waals surface area contributed by atoms with Crippen molar-refractivity contribution in [3.8, 4) is 0 Å². The Labute approximate surface area is 136 Å². The summed E-state index contributed by atoms with van der Waals surface area (Å²) in [5.74, 6) is -2.78. The summed E-state index contributed by atoms with van der Waals surface area (Å²) in [5, 5.41) is 4.51. The Morgan fingerprint density at radius 1 is 1.00 bits per heavy atom. The summed E-state index contributed by atoms with van der Waals surface area (Å²) in [6.45, 7) is 0.108. The molecule has 0 unspecified atom stereocenters. The molecule has 120 valence electrons. The van der Waals surface area contributed by atoms with Crippen LogP contribution in [0.3, 0.4) is 0 Å². The molecule has 0 heterocycles. The van der Waals surface area contributed by atoms with E-state index in [9.17, 15) is 18.4 Å². The monoisotopic (exact) mass is 338 g/mol. The van der Waals surface area contributed by atoms with Gasteiger partial charge in [0.05, 0.1) is 5.02 Å². The van der Waals surface area contributed by atoms with Gasteiger partial charge in [0.15, 0.2) is 0 Å². The lowest BCUT2D eigenvalue weighted by molar-refractivity contribution is -0.136. The summed E-state index contributed by atoms with van der Waals surface area (Å²) in [5.41, 5.74) is 0.643. The second-order valence-electron chi connectivity index (χ2n) is 4.68. The van der Waals surface area contributed by atoms with Crippen LogP contribution in [0.4, 0.5) is 14.5 Å². The number of hydrogen-bond donors (Lipinski definition) is 2. The van der Waals surface area contributed by atoms with Gasteiger partial charge in [-0.05, 0) is 36.2 Å². The van der Waals surface area contributed by atoms with Gasteiger partial charge >= 0.3 is 11.8 Å². The molecule has 23 heavy (non-hydrogen) atoms. The van der Waals surface area contributed by atoms with Crippen molar-refractivity contribution in [1.82, 2.24) is 5.32 Å². The van der Waals surface area contributed by atoms with Crippen molar-refractivity contribution in [2.45, 2.75) is 6.42 Å². The zero-order chi connectivity index (χ0) is 16.8. The summed E-state index contributed by atoms with van der Waals surface area (Å²) in [7, 11) is 0. The zero-order valence-electron chi connectivity index (χ0n) is 11.9. The van der Waals surface area contributed by atoms with Crippen molar-refractivity contribution < 1.29 is 18.4 Å². The average Bonchev–Trinajstić information content (AvgIpc) is 2.52. The van der Waals surface area contributed by atoms with Gasteiger partial charge in [0.2, 0.25) is 0 Å². The van der Waals surface area contributed by atoms with Crippen molar-refractivity contribution in [2.75, 3.05) is 11.9 Å². The third kappa shape index (κ3) is 4.75. The second-order valence-corrected chi connectivity index (χ2v) is 5.09. The number of benzene rings is 2. The fourth-order valence-corrected chi connectivity index (χ4v) is 2.03. The second kappa shape index (κ2) is 7.69. The van der Waals surface area contributed by atoms with Gasteiger partial charge in [-0.25, -0.2) is 8.78 Å². The molecule has 0 spiro atoms. The highest BCUT2D eigenvalue weighted by atomic mass is 35.5. The molecule has 0 radical (unpaired) electrons. The van der Waals surface area contributed by atoms with Crippen molar-refractivity contribution >= 4 is 29.1 Å². The molecule has 0 saturated carbocycles. The van der Waals surface area contributed by atoms with Gasteiger partial charge in [-0.15, -0.1) is 0 Å². The Bertz CT molecular complexity index is 738. The van der Waals surface area contributed by atoms with E-state index in [1.165, 1.54) is 18.2 Å². The number of rotatable bonds is 4. The Morgan fingerprint density at radius 3 is 2.43 bits per heavy atom. The van der Waals surface area contributed by atoms with Crippen LogP contribution in [-0.2, 0) is 16.0 Å². The first-order valence-electron chi connectivity index (χ1n) is 6.75. The topological polar surface area (TPSA) is 58.2 Å². The van der Waals surface area contributed by atoms with Gasteiger partial charge in [0.1, 0.15) is 11.6 Å². The lowest BCUT2D eigenvalue weighted by Crippen LogP contribution is -2.36. The minimum atomic E-state index is -0.916. The van der Waals surface area contributed by atoms with Crippen LogP contribution in [0.5, 0.6) is 0 Å². The molecule has 2 rings (SSSR count). The largest absolute Gasteiger partial charge is 0.347 e. The Hall–Kier alpha value is -2.47. The van der Waals surface area contributed by atoms with Crippen molar-refractivity contribution in [2.24, 2.45) is 0 Å². The summed E-state index contributed by atoms with van der Waals surface area (Å²) in [6, 6.07) is 9.73.